The monoisotopic (exact) mass is 1910 g/mol. The number of nitrogens with zero attached hydrogens (tertiary/aromatic N) is 16. The Morgan fingerprint density at radius 3 is 1.28 bits per heavy atom. The zero-order chi connectivity index (χ0) is 98.2. The third-order valence-corrected chi connectivity index (χ3v) is 28.6. The lowest BCUT2D eigenvalue weighted by atomic mass is 9.83. The molecule has 39 heteroatoms. The molecule has 10 aromatic heterocycles. The van der Waals surface area contributed by atoms with Crippen molar-refractivity contribution in [2.75, 3.05) is 33.9 Å². The number of carbonyl (C=O) groups excluding carboxylic acids is 5. The van der Waals surface area contributed by atoms with Gasteiger partial charge in [-0.25, -0.2) is 46.3 Å². The summed E-state index contributed by atoms with van der Waals surface area (Å²) in [4.78, 5) is 83.3. The number of methoxy groups -OCH3 is 1. The molecule has 21 rings (SSSR count). The highest BCUT2D eigenvalue weighted by Crippen LogP contribution is 2.40. The predicted molar refractivity (Wildman–Crippen MR) is 515 cm³/mol. The van der Waals surface area contributed by atoms with Crippen LogP contribution in [0.2, 0.25) is 0 Å². The molecule has 1 saturated heterocycles. The molecule has 0 bridgehead atoms. The van der Waals surface area contributed by atoms with Crippen LogP contribution in [-0.4, -0.2) is 221 Å². The molecule has 5 atom stereocenters. The van der Waals surface area contributed by atoms with E-state index in [4.69, 9.17) is 9.47 Å². The van der Waals surface area contributed by atoms with Crippen LogP contribution < -0.4 is 26.6 Å². The lowest BCUT2D eigenvalue weighted by molar-refractivity contribution is 0.0598. The fourth-order valence-corrected chi connectivity index (χ4v) is 19.5. The highest BCUT2D eigenvalue weighted by atomic mass is 19.2. The van der Waals surface area contributed by atoms with Gasteiger partial charge in [0.25, 0.3) is 29.5 Å². The Balaban J connectivity index is 0.000000120. The van der Waals surface area contributed by atoms with Crippen LogP contribution in [0.3, 0.4) is 0 Å². The summed E-state index contributed by atoms with van der Waals surface area (Å²) in [7, 11) is 11.4. The van der Waals surface area contributed by atoms with Gasteiger partial charge in [-0.05, 0) is 212 Å². The molecule has 0 radical (unpaired) electrons. The minimum atomic E-state index is -1.38. The number of aromatic nitrogens is 20. The van der Waals surface area contributed by atoms with Crippen molar-refractivity contribution in [3.05, 3.63) is 179 Å². The molecule has 6 aliphatic rings. The number of aryl methyl sites for hydroxylation is 4. The quantitative estimate of drug-likeness (QED) is 0.0379. The van der Waals surface area contributed by atoms with Gasteiger partial charge in [-0.3, -0.25) is 59.0 Å². The molecule has 732 valence electrons. The number of imidazole rings is 4. The standard InChI is InChI=1S/C22H26F2N6O.C20H24FN5O2.2C20H24FN5O.C18H20FN5O2/c1-22(24)5-3-14(4-6-22)26-21(31)20-15-9-13(10-17(23)19(15)27-28-20)16-11-25-30-8-7-29(2)12-18(16)30;1-11-22-10-17(26(11)2)12-8-15-18(16(21)9-12)24-25-19(15)20(27)23-13-4-6-14(28-3)7-5-13;2*1-12-22-11-16(26(12)3)13-7-8-15-14(10-13)18(25-24-15)19(27)23-17-6-4-5-9-20(17,2)21;1-10-20-9-15(24(10)2)11-6-13-16(14(19)7-11)22-23-17(13)18(25)21-8-12-4-3-5-26-12/h9-11,14H,3-8,12H2,1-2H3,(H,26,31)(H,27,28);8-10,13-14H,4-7H2,1-3H3,(H,23,27)(H,24,25);2*7-8,10-11,17H,4-6,9H2,1-3H3,(H,23,27)(H,24,25);6-7,9,12H,3-5,8H2,1-2H3,(H,21,25)(H,22,23)/t;;2*17-,20?;12-/m..101/s1. The fraction of sp³-hybridized carbons (Fsp3) is 0.450. The molecule has 139 heavy (non-hydrogen) atoms. The van der Waals surface area contributed by atoms with Crippen molar-refractivity contribution in [1.82, 2.24) is 130 Å². The van der Waals surface area contributed by atoms with E-state index in [0.717, 1.165) is 181 Å². The van der Waals surface area contributed by atoms with Gasteiger partial charge in [0.15, 0.2) is 28.8 Å². The molecule has 5 aromatic carbocycles. The van der Waals surface area contributed by atoms with E-state index in [1.807, 2.05) is 135 Å². The predicted octanol–water partition coefficient (Wildman–Crippen LogP) is 16.2. The number of alkyl halides is 3. The molecule has 5 fully saturated rings. The van der Waals surface area contributed by atoms with Gasteiger partial charge in [0, 0.05) is 128 Å². The zero-order valence-electron chi connectivity index (χ0n) is 80.3. The summed E-state index contributed by atoms with van der Waals surface area (Å²) < 4.78 is 108. The second-order valence-electron chi connectivity index (χ2n) is 38.3. The molecule has 12 heterocycles. The van der Waals surface area contributed by atoms with Gasteiger partial charge >= 0.3 is 0 Å². The van der Waals surface area contributed by atoms with Crippen LogP contribution in [0.5, 0.6) is 0 Å². The van der Waals surface area contributed by atoms with Crippen LogP contribution in [0.4, 0.5) is 26.3 Å². The third kappa shape index (κ3) is 20.8. The number of hydrogen-bond acceptors (Lipinski definition) is 18. The highest BCUT2D eigenvalue weighted by Gasteiger charge is 2.41. The van der Waals surface area contributed by atoms with E-state index in [9.17, 15) is 50.3 Å². The number of benzene rings is 5. The molecule has 4 aliphatic carbocycles. The first-order valence-corrected chi connectivity index (χ1v) is 47.5. The van der Waals surface area contributed by atoms with Gasteiger partial charge in [-0.1, -0.05) is 37.8 Å². The molecule has 0 spiro atoms. The highest BCUT2D eigenvalue weighted by molar-refractivity contribution is 6.10. The fourth-order valence-electron chi connectivity index (χ4n) is 19.5. The Labute approximate surface area is 797 Å². The third-order valence-electron chi connectivity index (χ3n) is 28.6. The van der Waals surface area contributed by atoms with E-state index < -0.39 is 46.5 Å². The number of likely N-dealkylation sites (N-methyl/N-ethyl adjacent to an activating group) is 1. The molecular formula is C100H118F6N26O7. The van der Waals surface area contributed by atoms with E-state index in [0.29, 0.717) is 102 Å². The zero-order valence-corrected chi connectivity index (χ0v) is 80.3. The minimum Gasteiger partial charge on any atom is -0.381 e. The lowest BCUT2D eigenvalue weighted by Crippen LogP contribution is -2.50. The average molecular weight is 1910 g/mol. The summed E-state index contributed by atoms with van der Waals surface area (Å²) in [6, 6.07) is 20.3. The van der Waals surface area contributed by atoms with Crippen molar-refractivity contribution in [1.29, 1.82) is 0 Å². The molecule has 5 amide bonds. The summed E-state index contributed by atoms with van der Waals surface area (Å²) >= 11 is 0. The number of rotatable bonds is 17. The van der Waals surface area contributed by atoms with Gasteiger partial charge in [0.2, 0.25) is 0 Å². The van der Waals surface area contributed by atoms with Crippen molar-refractivity contribution in [2.45, 2.75) is 231 Å². The van der Waals surface area contributed by atoms with E-state index in [1.165, 1.54) is 18.2 Å². The van der Waals surface area contributed by atoms with Gasteiger partial charge < -0.3 is 54.3 Å². The van der Waals surface area contributed by atoms with Crippen LogP contribution in [-0.2, 0) is 50.8 Å². The first-order valence-electron chi connectivity index (χ1n) is 47.5. The number of carbonyl (C=O) groups is 5. The Hall–Kier alpha value is -13.7. The smallest absolute Gasteiger partial charge is 0.272 e. The Kier molecular flexibility index (Phi) is 28.2. The normalized spacial score (nSPS) is 21.5. The van der Waals surface area contributed by atoms with Gasteiger partial charge in [0.05, 0.1) is 101 Å². The molecule has 2 aliphatic heterocycles. The second kappa shape index (κ2) is 40.4. The van der Waals surface area contributed by atoms with Crippen LogP contribution in [0.25, 0.3) is 111 Å². The SMILES string of the molecule is CN1CCn2ncc(-c3cc(F)c4n[nH]c(C(=O)NC5CCC(C)(F)CC5)c4c3)c2C1.COC1CCC(NC(=O)c2[nH]nc3c(F)cc(-c4cnc(C)n4C)cc23)CC1.Cc1ncc(-c2cc(F)c3n[nH]c(C(=O)NC[C@H]4CCCO4)c3c2)n1C.Cc1ncc(-c2ccc3[nH]nc(C(=O)N[C@@H]4CCCCC4(C)F)c3c2)n1C.Cc1ncc(-c2ccc3[nH]nc(C(=O)N[C@H]4CCCCC4(C)F)c3c2)n1C. The largest absolute Gasteiger partial charge is 0.381 e. The van der Waals surface area contributed by atoms with Crippen molar-refractivity contribution in [3.63, 3.8) is 0 Å². The number of halogens is 6. The van der Waals surface area contributed by atoms with Gasteiger partial charge in [0.1, 0.15) is 73.9 Å². The minimum absolute atomic E-state index is 0.0397. The van der Waals surface area contributed by atoms with Gasteiger partial charge in [-0.15, -0.1) is 0 Å². The van der Waals surface area contributed by atoms with Crippen molar-refractivity contribution in [2.24, 2.45) is 28.2 Å². The van der Waals surface area contributed by atoms with E-state index >= 15 is 0 Å². The summed E-state index contributed by atoms with van der Waals surface area (Å²) in [6.07, 6.45) is 22.4. The molecular weight excluding hydrogens is 1790 g/mol. The summed E-state index contributed by atoms with van der Waals surface area (Å²) in [5.41, 5.74) is 8.66. The maximum absolute atomic E-state index is 14.9. The van der Waals surface area contributed by atoms with E-state index in [2.05, 4.69) is 108 Å². The average Bonchev–Trinajstić information content (AvgIpc) is 1.64. The number of fused-ring (bicyclic) bond motifs is 6. The molecule has 15 aromatic rings. The molecule has 2 unspecified atom stereocenters. The molecule has 10 N–H and O–H groups in total. The van der Waals surface area contributed by atoms with Crippen LogP contribution in [0.15, 0.2) is 104 Å². The maximum Gasteiger partial charge on any atom is 0.272 e. The van der Waals surface area contributed by atoms with Crippen molar-refractivity contribution >= 4 is 84.1 Å². The van der Waals surface area contributed by atoms with Crippen molar-refractivity contribution < 1.29 is 59.8 Å². The topological polar surface area (TPSA) is 400 Å². The Morgan fingerprint density at radius 1 is 0.446 bits per heavy atom. The number of aromatic amines is 5. The lowest BCUT2D eigenvalue weighted by Gasteiger charge is -2.35. The molecule has 4 saturated carbocycles. The summed E-state index contributed by atoms with van der Waals surface area (Å²) in [6.45, 7) is 16.0. The van der Waals surface area contributed by atoms with E-state index in [-0.39, 0.29) is 87.5 Å². The first kappa shape index (κ1) is 97.0. The number of nitrogens with one attached hydrogen (secondary N) is 10. The van der Waals surface area contributed by atoms with E-state index in [1.54, 1.807) is 64.7 Å². The second-order valence-corrected chi connectivity index (χ2v) is 38.3. The number of hydrogen-bond donors (Lipinski definition) is 10. The summed E-state index contributed by atoms with van der Waals surface area (Å²) in [5, 5.41) is 56.1. The Morgan fingerprint density at radius 2 is 0.863 bits per heavy atom. The van der Waals surface area contributed by atoms with Crippen molar-refractivity contribution in [3.8, 4) is 56.2 Å². The summed E-state index contributed by atoms with van der Waals surface area (Å²) in [5.74, 6) is 0.431. The number of H-pyrrole nitrogens is 5. The Bertz CT molecular complexity index is 6890. The van der Waals surface area contributed by atoms with Crippen LogP contribution in [0.1, 0.15) is 218 Å². The first-order chi connectivity index (χ1) is 66.5. The van der Waals surface area contributed by atoms with Crippen LogP contribution >= 0.6 is 0 Å². The van der Waals surface area contributed by atoms with Gasteiger partial charge in [-0.2, -0.15) is 30.6 Å². The van der Waals surface area contributed by atoms with Crippen LogP contribution in [0, 0.1) is 45.1 Å². The number of ether oxygens (including phenoxy) is 2. The maximum atomic E-state index is 14.9. The molecule has 33 nitrogen and oxygen atoms in total. The number of amides is 5.